The fourth-order valence-corrected chi connectivity index (χ4v) is 2.29. The molecule has 0 unspecified atom stereocenters. The molecule has 0 spiro atoms. The summed E-state index contributed by atoms with van der Waals surface area (Å²) >= 11 is 0. The van der Waals surface area contributed by atoms with Crippen LogP contribution in [0.25, 0.3) is 21.5 Å². The Bertz CT molecular complexity index is 867. The molecule has 0 saturated heterocycles. The fraction of sp³-hybridized carbons (Fsp3) is 0. The van der Waals surface area contributed by atoms with Crippen LogP contribution in [0.2, 0.25) is 0 Å². The lowest BCUT2D eigenvalue weighted by atomic mass is 9.99. The van der Waals surface area contributed by atoms with Gasteiger partial charge in [-0.2, -0.15) is 0 Å². The van der Waals surface area contributed by atoms with E-state index in [1.54, 1.807) is 18.2 Å². The fourth-order valence-electron chi connectivity index (χ4n) is 2.29. The number of aromatic carboxylic acids is 1. The molecule has 3 aromatic rings. The van der Waals surface area contributed by atoms with Gasteiger partial charge in [-0.25, -0.2) is 4.79 Å². The van der Waals surface area contributed by atoms with Crippen molar-refractivity contribution in [3.63, 3.8) is 0 Å². The number of aromatic hydroxyl groups is 3. The monoisotopic (exact) mass is 270 g/mol. The molecule has 0 saturated carbocycles. The van der Waals surface area contributed by atoms with Crippen molar-refractivity contribution in [2.24, 2.45) is 0 Å². The molecule has 0 aromatic heterocycles. The second-order valence-corrected chi connectivity index (χ2v) is 4.50. The Morgan fingerprint density at radius 1 is 0.850 bits per heavy atom. The molecule has 0 aliphatic heterocycles. The average Bonchev–Trinajstić information content (AvgIpc) is 2.41. The second kappa shape index (κ2) is 4.03. The van der Waals surface area contributed by atoms with E-state index in [-0.39, 0.29) is 16.7 Å². The molecule has 0 heterocycles. The first-order valence-corrected chi connectivity index (χ1v) is 5.82. The van der Waals surface area contributed by atoms with Crippen LogP contribution >= 0.6 is 0 Å². The van der Waals surface area contributed by atoms with Gasteiger partial charge in [0.05, 0.1) is 0 Å². The highest BCUT2D eigenvalue weighted by Crippen LogP contribution is 2.40. The summed E-state index contributed by atoms with van der Waals surface area (Å²) in [5.74, 6) is -2.47. The third-order valence-corrected chi connectivity index (χ3v) is 3.29. The van der Waals surface area contributed by atoms with E-state index < -0.39 is 17.5 Å². The molecule has 100 valence electrons. The Labute approximate surface area is 112 Å². The van der Waals surface area contributed by atoms with Gasteiger partial charge < -0.3 is 20.4 Å². The van der Waals surface area contributed by atoms with Crippen molar-refractivity contribution >= 4 is 27.5 Å². The van der Waals surface area contributed by atoms with Crippen molar-refractivity contribution in [3.05, 3.63) is 42.0 Å². The molecular weight excluding hydrogens is 260 g/mol. The second-order valence-electron chi connectivity index (χ2n) is 4.50. The number of carboxylic acid groups (broad SMARTS) is 1. The van der Waals surface area contributed by atoms with Gasteiger partial charge in [-0.15, -0.1) is 0 Å². The van der Waals surface area contributed by atoms with E-state index >= 15 is 0 Å². The minimum Gasteiger partial charge on any atom is -0.507 e. The van der Waals surface area contributed by atoms with Crippen molar-refractivity contribution in [2.45, 2.75) is 0 Å². The highest BCUT2D eigenvalue weighted by molar-refractivity contribution is 6.07. The number of phenols is 3. The summed E-state index contributed by atoms with van der Waals surface area (Å²) in [7, 11) is 0. The summed E-state index contributed by atoms with van der Waals surface area (Å²) < 4.78 is 0. The van der Waals surface area contributed by atoms with Crippen LogP contribution in [-0.4, -0.2) is 26.4 Å². The van der Waals surface area contributed by atoms with Crippen LogP contribution < -0.4 is 0 Å². The molecule has 0 aliphatic rings. The number of benzene rings is 3. The van der Waals surface area contributed by atoms with Gasteiger partial charge in [0.2, 0.25) is 0 Å². The highest BCUT2D eigenvalue weighted by Gasteiger charge is 2.17. The smallest absolute Gasteiger partial charge is 0.339 e. The van der Waals surface area contributed by atoms with Gasteiger partial charge in [0.1, 0.15) is 11.3 Å². The van der Waals surface area contributed by atoms with E-state index in [2.05, 4.69) is 0 Å². The SMILES string of the molecule is O=C(O)c1cc2cc3cccc(O)c3cc2c(O)c1O. The van der Waals surface area contributed by atoms with Crippen molar-refractivity contribution in [1.29, 1.82) is 0 Å². The van der Waals surface area contributed by atoms with Gasteiger partial charge in [0.15, 0.2) is 11.5 Å². The largest absolute Gasteiger partial charge is 0.507 e. The summed E-state index contributed by atoms with van der Waals surface area (Å²) in [6, 6.07) is 9.39. The van der Waals surface area contributed by atoms with E-state index in [0.717, 1.165) is 0 Å². The van der Waals surface area contributed by atoms with Crippen molar-refractivity contribution in [2.75, 3.05) is 0 Å². The quantitative estimate of drug-likeness (QED) is 0.402. The molecule has 5 heteroatoms. The van der Waals surface area contributed by atoms with Crippen LogP contribution in [0, 0.1) is 0 Å². The summed E-state index contributed by atoms with van der Waals surface area (Å²) in [4.78, 5) is 11.0. The molecule has 0 radical (unpaired) electrons. The molecule has 0 bridgehead atoms. The molecule has 5 nitrogen and oxygen atoms in total. The molecule has 0 fully saturated rings. The zero-order chi connectivity index (χ0) is 14.4. The van der Waals surface area contributed by atoms with E-state index in [0.29, 0.717) is 16.2 Å². The van der Waals surface area contributed by atoms with Crippen LogP contribution in [0.3, 0.4) is 0 Å². The Hall–Kier alpha value is -2.95. The van der Waals surface area contributed by atoms with Crippen molar-refractivity contribution in [1.82, 2.24) is 0 Å². The van der Waals surface area contributed by atoms with Crippen molar-refractivity contribution < 1.29 is 25.2 Å². The zero-order valence-electron chi connectivity index (χ0n) is 10.2. The topological polar surface area (TPSA) is 98.0 Å². The van der Waals surface area contributed by atoms with E-state index in [4.69, 9.17) is 5.11 Å². The zero-order valence-corrected chi connectivity index (χ0v) is 10.2. The molecule has 0 aliphatic carbocycles. The first-order valence-electron chi connectivity index (χ1n) is 5.82. The standard InChI is InChI=1S/C15H10O5/c16-12-3-1-2-7-4-8-5-11(15(19)20)14(18)13(17)10(8)6-9(7)12/h1-6,16-18H,(H,19,20). The third kappa shape index (κ3) is 1.60. The average molecular weight is 270 g/mol. The molecule has 0 amide bonds. The lowest BCUT2D eigenvalue weighted by Crippen LogP contribution is -1.97. The summed E-state index contributed by atoms with van der Waals surface area (Å²) in [6.07, 6.45) is 0. The molecule has 20 heavy (non-hydrogen) atoms. The number of carbonyl (C=O) groups is 1. The Morgan fingerprint density at radius 3 is 2.30 bits per heavy atom. The number of fused-ring (bicyclic) bond motifs is 2. The van der Waals surface area contributed by atoms with Crippen LogP contribution in [0.15, 0.2) is 36.4 Å². The summed E-state index contributed by atoms with van der Waals surface area (Å²) in [5, 5.41) is 40.4. The molecule has 0 atom stereocenters. The van der Waals surface area contributed by atoms with Gasteiger partial charge in [0.25, 0.3) is 0 Å². The van der Waals surface area contributed by atoms with Crippen LogP contribution in [0.1, 0.15) is 10.4 Å². The molecular formula is C15H10O5. The maximum atomic E-state index is 11.0. The van der Waals surface area contributed by atoms with E-state index in [9.17, 15) is 20.1 Å². The summed E-state index contributed by atoms with van der Waals surface area (Å²) in [5.41, 5.74) is -0.366. The number of phenolic OH excluding ortho intramolecular Hbond substituents is 2. The van der Waals surface area contributed by atoms with Gasteiger partial charge in [-0.1, -0.05) is 12.1 Å². The summed E-state index contributed by atoms with van der Waals surface area (Å²) in [6.45, 7) is 0. The third-order valence-electron chi connectivity index (χ3n) is 3.29. The Balaban J connectivity index is 2.49. The number of carboxylic acids is 1. The minimum atomic E-state index is -1.32. The molecule has 3 rings (SSSR count). The van der Waals surface area contributed by atoms with Gasteiger partial charge in [0, 0.05) is 10.8 Å². The Morgan fingerprint density at radius 2 is 1.60 bits per heavy atom. The van der Waals surface area contributed by atoms with Crippen LogP contribution in [0.4, 0.5) is 0 Å². The lowest BCUT2D eigenvalue weighted by Gasteiger charge is -2.09. The minimum absolute atomic E-state index is 0.0469. The maximum Gasteiger partial charge on any atom is 0.339 e. The Kier molecular flexibility index (Phi) is 2.44. The number of hydrogen-bond acceptors (Lipinski definition) is 4. The van der Waals surface area contributed by atoms with Crippen molar-refractivity contribution in [3.8, 4) is 17.2 Å². The van der Waals surface area contributed by atoms with Crippen LogP contribution in [-0.2, 0) is 0 Å². The van der Waals surface area contributed by atoms with Gasteiger partial charge >= 0.3 is 5.97 Å². The van der Waals surface area contributed by atoms with E-state index in [1.807, 2.05) is 0 Å². The highest BCUT2D eigenvalue weighted by atomic mass is 16.4. The normalized spacial score (nSPS) is 11.0. The predicted octanol–water partition coefficient (Wildman–Crippen LogP) is 2.81. The van der Waals surface area contributed by atoms with Crippen LogP contribution in [0.5, 0.6) is 17.2 Å². The number of rotatable bonds is 1. The van der Waals surface area contributed by atoms with Gasteiger partial charge in [-0.05, 0) is 35.0 Å². The molecule has 3 aromatic carbocycles. The maximum absolute atomic E-state index is 11.0. The lowest BCUT2D eigenvalue weighted by molar-refractivity contribution is 0.0693. The predicted molar refractivity (Wildman–Crippen MR) is 73.4 cm³/mol. The van der Waals surface area contributed by atoms with Gasteiger partial charge in [-0.3, -0.25) is 0 Å². The number of hydrogen-bond donors (Lipinski definition) is 4. The molecule has 4 N–H and O–H groups in total. The first kappa shape index (κ1) is 12.1. The first-order chi connectivity index (χ1) is 9.49. The van der Waals surface area contributed by atoms with E-state index in [1.165, 1.54) is 18.2 Å².